The third kappa shape index (κ3) is 1.34. The molecular weight excluding hydrogens is 198 g/mol. The van der Waals surface area contributed by atoms with Crippen LogP contribution >= 0.6 is 0 Å². The van der Waals surface area contributed by atoms with Gasteiger partial charge in [-0.15, -0.1) is 0 Å². The highest BCUT2D eigenvalue weighted by Crippen LogP contribution is 2.62. The summed E-state index contributed by atoms with van der Waals surface area (Å²) in [5.41, 5.74) is 2.15. The van der Waals surface area contributed by atoms with Crippen LogP contribution in [0.4, 0.5) is 0 Å². The molecule has 0 spiro atoms. The van der Waals surface area contributed by atoms with E-state index in [1.165, 1.54) is 37.9 Å². The van der Waals surface area contributed by atoms with Gasteiger partial charge in [0.2, 0.25) is 0 Å². The molecule has 0 amide bonds. The zero-order valence-corrected chi connectivity index (χ0v) is 9.65. The molecule has 0 unspecified atom stereocenters. The van der Waals surface area contributed by atoms with Crippen LogP contribution < -0.4 is 5.32 Å². The molecule has 0 radical (unpaired) electrons. The molecule has 1 aromatic rings. The van der Waals surface area contributed by atoms with Crippen LogP contribution in [0.3, 0.4) is 0 Å². The van der Waals surface area contributed by atoms with Gasteiger partial charge in [0.25, 0.3) is 0 Å². The van der Waals surface area contributed by atoms with Gasteiger partial charge in [-0.05, 0) is 37.0 Å². The Morgan fingerprint density at radius 2 is 2.19 bits per heavy atom. The van der Waals surface area contributed by atoms with E-state index in [0.717, 1.165) is 24.9 Å². The monoisotopic (exact) mass is 217 g/mol. The van der Waals surface area contributed by atoms with Gasteiger partial charge in [-0.25, -0.2) is 4.98 Å². The first-order valence-corrected chi connectivity index (χ1v) is 6.58. The van der Waals surface area contributed by atoms with Crippen molar-refractivity contribution in [1.82, 2.24) is 14.9 Å². The second kappa shape index (κ2) is 3.10. The summed E-state index contributed by atoms with van der Waals surface area (Å²) < 4.78 is 2.44. The van der Waals surface area contributed by atoms with Crippen molar-refractivity contribution < 1.29 is 0 Å². The largest absolute Gasteiger partial charge is 0.334 e. The highest BCUT2D eigenvalue weighted by Gasteiger charge is 2.53. The van der Waals surface area contributed by atoms with Crippen LogP contribution in [0.25, 0.3) is 0 Å². The molecule has 0 bridgehead atoms. The number of imidazole rings is 1. The molecule has 3 heteroatoms. The number of aromatic nitrogens is 2. The summed E-state index contributed by atoms with van der Waals surface area (Å²) in [7, 11) is 0. The Labute approximate surface area is 96.3 Å². The molecule has 0 aromatic carbocycles. The smallest absolute Gasteiger partial charge is 0.0948 e. The SMILES string of the molecule is c1ncn(CC2(C3CC3)CC2)c1C1CNC1. The Hall–Kier alpha value is -0.830. The van der Waals surface area contributed by atoms with Crippen molar-refractivity contribution in [3.8, 4) is 0 Å². The number of hydrogen-bond donors (Lipinski definition) is 1. The summed E-state index contributed by atoms with van der Waals surface area (Å²) in [5, 5.41) is 3.35. The Morgan fingerprint density at radius 1 is 1.38 bits per heavy atom. The van der Waals surface area contributed by atoms with Gasteiger partial charge >= 0.3 is 0 Å². The summed E-state index contributed by atoms with van der Waals surface area (Å²) in [4.78, 5) is 4.35. The summed E-state index contributed by atoms with van der Waals surface area (Å²) in [6, 6.07) is 0. The molecule has 3 aliphatic rings. The van der Waals surface area contributed by atoms with E-state index >= 15 is 0 Å². The van der Waals surface area contributed by atoms with E-state index in [1.54, 1.807) is 0 Å². The van der Waals surface area contributed by atoms with Crippen molar-refractivity contribution in [3.05, 3.63) is 18.2 Å². The fourth-order valence-corrected chi connectivity index (χ4v) is 3.19. The van der Waals surface area contributed by atoms with Gasteiger partial charge < -0.3 is 9.88 Å². The lowest BCUT2D eigenvalue weighted by Crippen LogP contribution is -2.41. The van der Waals surface area contributed by atoms with E-state index in [1.807, 2.05) is 0 Å². The van der Waals surface area contributed by atoms with E-state index in [9.17, 15) is 0 Å². The normalized spacial score (nSPS) is 27.8. The van der Waals surface area contributed by atoms with Crippen molar-refractivity contribution in [2.45, 2.75) is 38.1 Å². The number of hydrogen-bond acceptors (Lipinski definition) is 2. The van der Waals surface area contributed by atoms with E-state index < -0.39 is 0 Å². The quantitative estimate of drug-likeness (QED) is 0.833. The first kappa shape index (κ1) is 9.23. The minimum atomic E-state index is 0.687. The molecule has 2 saturated carbocycles. The predicted octanol–water partition coefficient (Wildman–Crippen LogP) is 1.76. The topological polar surface area (TPSA) is 29.9 Å². The standard InChI is InChI=1S/C13H19N3/c1-2-11(1)13(3-4-13)8-16-9-15-7-12(16)10-5-14-6-10/h7,9-11,14H,1-6,8H2. The van der Waals surface area contributed by atoms with Crippen LogP contribution in [0.15, 0.2) is 12.5 Å². The fourth-order valence-electron chi connectivity index (χ4n) is 3.19. The number of rotatable bonds is 4. The number of nitrogens with one attached hydrogen (secondary N) is 1. The molecule has 1 aliphatic heterocycles. The average Bonchev–Trinajstić information content (AvgIpc) is 3.06. The van der Waals surface area contributed by atoms with E-state index in [2.05, 4.69) is 27.4 Å². The van der Waals surface area contributed by atoms with Gasteiger partial charge in [-0.3, -0.25) is 0 Å². The maximum Gasteiger partial charge on any atom is 0.0948 e. The highest BCUT2D eigenvalue weighted by molar-refractivity contribution is 5.14. The van der Waals surface area contributed by atoms with Gasteiger partial charge in [-0.1, -0.05) is 0 Å². The zero-order valence-electron chi connectivity index (χ0n) is 9.65. The molecule has 2 heterocycles. The van der Waals surface area contributed by atoms with Crippen molar-refractivity contribution in [3.63, 3.8) is 0 Å². The minimum Gasteiger partial charge on any atom is -0.334 e. The van der Waals surface area contributed by atoms with Crippen LogP contribution in [-0.2, 0) is 6.54 Å². The first-order valence-electron chi connectivity index (χ1n) is 6.58. The molecule has 1 N–H and O–H groups in total. The first-order chi connectivity index (χ1) is 7.87. The number of nitrogens with zero attached hydrogens (tertiary/aromatic N) is 2. The summed E-state index contributed by atoms with van der Waals surface area (Å²) >= 11 is 0. The summed E-state index contributed by atoms with van der Waals surface area (Å²) in [6.45, 7) is 3.52. The van der Waals surface area contributed by atoms with Crippen LogP contribution in [0.5, 0.6) is 0 Å². The van der Waals surface area contributed by atoms with Gasteiger partial charge in [0, 0.05) is 37.4 Å². The molecule has 4 rings (SSSR count). The molecular formula is C13H19N3. The summed E-state index contributed by atoms with van der Waals surface area (Å²) in [6.07, 6.45) is 10.0. The molecule has 1 aromatic heterocycles. The molecule has 2 aliphatic carbocycles. The van der Waals surface area contributed by atoms with E-state index in [0.29, 0.717) is 5.41 Å². The van der Waals surface area contributed by atoms with Gasteiger partial charge in [0.05, 0.1) is 6.33 Å². The highest BCUT2D eigenvalue weighted by atomic mass is 15.1. The van der Waals surface area contributed by atoms with Crippen molar-refractivity contribution in [2.75, 3.05) is 13.1 Å². The van der Waals surface area contributed by atoms with Gasteiger partial charge in [-0.2, -0.15) is 0 Å². The third-order valence-corrected chi connectivity index (χ3v) is 4.77. The third-order valence-electron chi connectivity index (χ3n) is 4.77. The molecule has 3 fully saturated rings. The van der Waals surface area contributed by atoms with Crippen LogP contribution in [0.1, 0.15) is 37.3 Å². The zero-order chi connectivity index (χ0) is 10.6. The Kier molecular flexibility index (Phi) is 1.79. The maximum absolute atomic E-state index is 4.35. The van der Waals surface area contributed by atoms with Crippen LogP contribution in [0, 0.1) is 11.3 Å². The second-order valence-electron chi connectivity index (χ2n) is 5.94. The molecule has 1 saturated heterocycles. The minimum absolute atomic E-state index is 0.687. The Morgan fingerprint density at radius 3 is 2.75 bits per heavy atom. The maximum atomic E-state index is 4.35. The average molecular weight is 217 g/mol. The second-order valence-corrected chi connectivity index (χ2v) is 5.94. The van der Waals surface area contributed by atoms with E-state index in [4.69, 9.17) is 0 Å². The Balaban J connectivity index is 1.55. The predicted molar refractivity (Wildman–Crippen MR) is 62.2 cm³/mol. The van der Waals surface area contributed by atoms with Crippen molar-refractivity contribution in [2.24, 2.45) is 11.3 Å². The lowest BCUT2D eigenvalue weighted by atomic mass is 9.97. The molecule has 86 valence electrons. The Bertz CT molecular complexity index is 397. The molecule has 3 nitrogen and oxygen atoms in total. The van der Waals surface area contributed by atoms with Gasteiger partial charge in [0.1, 0.15) is 0 Å². The fraction of sp³-hybridized carbons (Fsp3) is 0.769. The van der Waals surface area contributed by atoms with Crippen molar-refractivity contribution >= 4 is 0 Å². The molecule has 16 heavy (non-hydrogen) atoms. The van der Waals surface area contributed by atoms with E-state index in [-0.39, 0.29) is 0 Å². The van der Waals surface area contributed by atoms with Gasteiger partial charge in [0.15, 0.2) is 0 Å². The van der Waals surface area contributed by atoms with Crippen molar-refractivity contribution in [1.29, 1.82) is 0 Å². The lowest BCUT2D eigenvalue weighted by Gasteiger charge is -2.29. The lowest BCUT2D eigenvalue weighted by molar-refractivity contribution is 0.347. The van der Waals surface area contributed by atoms with Crippen LogP contribution in [-0.4, -0.2) is 22.6 Å². The summed E-state index contributed by atoms with van der Waals surface area (Å²) in [5.74, 6) is 1.76. The molecule has 0 atom stereocenters. The van der Waals surface area contributed by atoms with Crippen LogP contribution in [0.2, 0.25) is 0 Å².